The molecule has 1 atom stereocenters. The van der Waals surface area contributed by atoms with Gasteiger partial charge in [0.15, 0.2) is 6.10 Å². The van der Waals surface area contributed by atoms with E-state index in [1.807, 2.05) is 6.92 Å². The van der Waals surface area contributed by atoms with Crippen LogP contribution in [0.4, 0.5) is 10.1 Å². The van der Waals surface area contributed by atoms with Gasteiger partial charge in [-0.05, 0) is 28.8 Å². The molecule has 0 saturated carbocycles. The number of methoxy groups -OCH3 is 1. The number of rotatable bonds is 7. The highest BCUT2D eigenvalue weighted by Crippen LogP contribution is 2.33. The quantitative estimate of drug-likeness (QED) is 0.420. The summed E-state index contributed by atoms with van der Waals surface area (Å²) >= 11 is 2.87. The Morgan fingerprint density at radius 2 is 2.19 bits per heavy atom. The van der Waals surface area contributed by atoms with Crippen LogP contribution in [0, 0.1) is 15.9 Å². The first-order valence-corrected chi connectivity index (χ1v) is 7.07. The normalized spacial score (nSPS) is 11.8. The second-order valence-electron chi connectivity index (χ2n) is 4.26. The van der Waals surface area contributed by atoms with Crippen LogP contribution in [-0.4, -0.2) is 24.1 Å². The van der Waals surface area contributed by atoms with E-state index in [0.717, 1.165) is 18.6 Å². The number of ether oxygens (including phenoxy) is 2. The molecule has 0 bridgehead atoms. The molecule has 0 amide bonds. The lowest BCUT2D eigenvalue weighted by atomic mass is 10.1. The molecule has 0 saturated heterocycles. The molecule has 0 aliphatic carbocycles. The molecule has 0 aliphatic rings. The fourth-order valence-electron chi connectivity index (χ4n) is 1.65. The lowest BCUT2D eigenvalue weighted by molar-refractivity contribution is -0.386. The van der Waals surface area contributed by atoms with E-state index in [-0.39, 0.29) is 10.2 Å². The Labute approximate surface area is 129 Å². The number of carbonyl (C=O) groups excluding carboxylic acids is 1. The summed E-state index contributed by atoms with van der Waals surface area (Å²) in [5, 5.41) is 11.0. The van der Waals surface area contributed by atoms with Gasteiger partial charge in [-0.1, -0.05) is 13.3 Å². The molecule has 116 valence electrons. The first-order chi connectivity index (χ1) is 9.90. The largest absolute Gasteiger partial charge is 0.471 e. The van der Waals surface area contributed by atoms with Crippen molar-refractivity contribution in [2.45, 2.75) is 32.3 Å². The third-order valence-electron chi connectivity index (χ3n) is 2.75. The van der Waals surface area contributed by atoms with Crippen molar-refractivity contribution >= 4 is 27.6 Å². The number of benzene rings is 1. The van der Waals surface area contributed by atoms with Crippen LogP contribution >= 0.6 is 15.9 Å². The molecule has 8 heteroatoms. The number of nitro groups is 1. The molecule has 6 nitrogen and oxygen atoms in total. The summed E-state index contributed by atoms with van der Waals surface area (Å²) in [6.45, 7) is 1.93. The van der Waals surface area contributed by atoms with E-state index in [4.69, 9.17) is 4.74 Å². The smallest absolute Gasteiger partial charge is 0.347 e. The van der Waals surface area contributed by atoms with Gasteiger partial charge in [-0.2, -0.15) is 0 Å². The lowest BCUT2D eigenvalue weighted by Gasteiger charge is -2.16. The van der Waals surface area contributed by atoms with E-state index in [2.05, 4.69) is 20.7 Å². The summed E-state index contributed by atoms with van der Waals surface area (Å²) in [6, 6.07) is 1.88. The average molecular weight is 364 g/mol. The number of carbonyl (C=O) groups is 1. The molecule has 0 aliphatic heterocycles. The second kappa shape index (κ2) is 7.92. The molecule has 0 radical (unpaired) electrons. The Bertz CT molecular complexity index is 538. The van der Waals surface area contributed by atoms with Gasteiger partial charge in [0.05, 0.1) is 16.5 Å². The Kier molecular flexibility index (Phi) is 6.54. The van der Waals surface area contributed by atoms with E-state index in [9.17, 15) is 19.3 Å². The maximum atomic E-state index is 13.5. The number of nitro benzene ring substituents is 1. The SMILES string of the molecule is CCCCC(Oc1cc(F)c(Br)cc1[N+](=O)[O-])C(=O)OC. The Hall–Kier alpha value is -1.70. The van der Waals surface area contributed by atoms with Crippen LogP contribution < -0.4 is 4.74 Å². The van der Waals surface area contributed by atoms with Gasteiger partial charge in [-0.15, -0.1) is 0 Å². The van der Waals surface area contributed by atoms with Crippen molar-refractivity contribution < 1.29 is 23.6 Å². The number of hydrogen-bond acceptors (Lipinski definition) is 5. The summed E-state index contributed by atoms with van der Waals surface area (Å²) in [7, 11) is 1.20. The topological polar surface area (TPSA) is 78.7 Å². The molecule has 21 heavy (non-hydrogen) atoms. The molecule has 0 heterocycles. The van der Waals surface area contributed by atoms with Crippen molar-refractivity contribution in [3.63, 3.8) is 0 Å². The molecule has 0 N–H and O–H groups in total. The van der Waals surface area contributed by atoms with Crippen LogP contribution in [0.5, 0.6) is 5.75 Å². The van der Waals surface area contributed by atoms with Crippen LogP contribution in [-0.2, 0) is 9.53 Å². The van der Waals surface area contributed by atoms with Crippen molar-refractivity contribution in [3.05, 3.63) is 32.5 Å². The standard InChI is InChI=1S/C13H15BrFNO5/c1-3-4-5-11(13(17)20-2)21-12-7-9(15)8(14)6-10(12)16(18)19/h6-7,11H,3-5H2,1-2H3. The predicted octanol–water partition coefficient (Wildman–Crippen LogP) is 3.61. The first kappa shape index (κ1) is 17.4. The highest BCUT2D eigenvalue weighted by molar-refractivity contribution is 9.10. The van der Waals surface area contributed by atoms with E-state index in [0.29, 0.717) is 12.8 Å². The highest BCUT2D eigenvalue weighted by Gasteiger charge is 2.26. The Balaban J connectivity index is 3.09. The summed E-state index contributed by atoms with van der Waals surface area (Å²) in [4.78, 5) is 21.9. The van der Waals surface area contributed by atoms with Crippen molar-refractivity contribution in [1.29, 1.82) is 0 Å². The van der Waals surface area contributed by atoms with E-state index in [1.165, 1.54) is 7.11 Å². The zero-order valence-electron chi connectivity index (χ0n) is 11.6. The number of esters is 1. The van der Waals surface area contributed by atoms with Gasteiger partial charge >= 0.3 is 11.7 Å². The van der Waals surface area contributed by atoms with Gasteiger partial charge < -0.3 is 9.47 Å². The van der Waals surface area contributed by atoms with Crippen molar-refractivity contribution in [1.82, 2.24) is 0 Å². The average Bonchev–Trinajstić information content (AvgIpc) is 2.45. The van der Waals surface area contributed by atoms with E-state index >= 15 is 0 Å². The lowest BCUT2D eigenvalue weighted by Crippen LogP contribution is -2.28. The molecule has 0 aromatic heterocycles. The van der Waals surface area contributed by atoms with Crippen LogP contribution in [0.15, 0.2) is 16.6 Å². The van der Waals surface area contributed by atoms with Crippen molar-refractivity contribution in [3.8, 4) is 5.75 Å². The number of nitrogens with zero attached hydrogens (tertiary/aromatic N) is 1. The predicted molar refractivity (Wildman–Crippen MR) is 76.7 cm³/mol. The highest BCUT2D eigenvalue weighted by atomic mass is 79.9. The zero-order valence-corrected chi connectivity index (χ0v) is 13.2. The van der Waals surface area contributed by atoms with Crippen LogP contribution in [0.2, 0.25) is 0 Å². The van der Waals surface area contributed by atoms with Gasteiger partial charge in [0.25, 0.3) is 0 Å². The van der Waals surface area contributed by atoms with Gasteiger partial charge in [-0.3, -0.25) is 10.1 Å². The maximum Gasteiger partial charge on any atom is 0.347 e. The number of unbranched alkanes of at least 4 members (excludes halogenated alkanes) is 1. The maximum absolute atomic E-state index is 13.5. The third kappa shape index (κ3) is 4.66. The monoisotopic (exact) mass is 363 g/mol. The Morgan fingerprint density at radius 1 is 1.52 bits per heavy atom. The third-order valence-corrected chi connectivity index (χ3v) is 3.36. The summed E-state index contributed by atoms with van der Waals surface area (Å²) in [5.41, 5.74) is -0.423. The minimum Gasteiger partial charge on any atom is -0.471 e. The summed E-state index contributed by atoms with van der Waals surface area (Å²) < 4.78 is 23.4. The van der Waals surface area contributed by atoms with Crippen molar-refractivity contribution in [2.24, 2.45) is 0 Å². The second-order valence-corrected chi connectivity index (χ2v) is 5.12. The van der Waals surface area contributed by atoms with Crippen LogP contribution in [0.1, 0.15) is 26.2 Å². The van der Waals surface area contributed by atoms with Gasteiger partial charge in [0.1, 0.15) is 5.82 Å². The van der Waals surface area contributed by atoms with Gasteiger partial charge in [0.2, 0.25) is 5.75 Å². The molecule has 0 spiro atoms. The van der Waals surface area contributed by atoms with Crippen LogP contribution in [0.3, 0.4) is 0 Å². The molecule has 0 fully saturated rings. The van der Waals surface area contributed by atoms with E-state index < -0.39 is 28.5 Å². The minimum atomic E-state index is -1.01. The van der Waals surface area contributed by atoms with Gasteiger partial charge in [0, 0.05) is 12.1 Å². The van der Waals surface area contributed by atoms with Crippen molar-refractivity contribution in [2.75, 3.05) is 7.11 Å². The number of halogens is 2. The number of hydrogen-bond donors (Lipinski definition) is 0. The fraction of sp³-hybridized carbons (Fsp3) is 0.462. The summed E-state index contributed by atoms with van der Waals surface area (Å²) in [6.07, 6.45) is 0.812. The molecule has 1 aromatic carbocycles. The Morgan fingerprint density at radius 3 is 2.71 bits per heavy atom. The first-order valence-electron chi connectivity index (χ1n) is 6.28. The van der Waals surface area contributed by atoms with E-state index in [1.54, 1.807) is 0 Å². The summed E-state index contributed by atoms with van der Waals surface area (Å²) in [5.74, 6) is -1.66. The minimum absolute atomic E-state index is 0.0512. The molecule has 1 rings (SSSR count). The molecule has 1 unspecified atom stereocenters. The fourth-order valence-corrected chi connectivity index (χ4v) is 1.99. The zero-order chi connectivity index (χ0) is 16.0. The van der Waals surface area contributed by atoms with Crippen LogP contribution in [0.25, 0.3) is 0 Å². The van der Waals surface area contributed by atoms with Gasteiger partial charge in [-0.25, -0.2) is 9.18 Å². The molecule has 1 aromatic rings. The molecular weight excluding hydrogens is 349 g/mol. The molecular formula is C13H15BrFNO5.